The lowest BCUT2D eigenvalue weighted by Crippen LogP contribution is -1.93. The van der Waals surface area contributed by atoms with E-state index < -0.39 is 0 Å². The van der Waals surface area contributed by atoms with Gasteiger partial charge >= 0.3 is 0 Å². The molecular weight excluding hydrogens is 430 g/mol. The Bertz CT molecular complexity index is 1090. The summed E-state index contributed by atoms with van der Waals surface area (Å²) >= 11 is 4.92. The van der Waals surface area contributed by atoms with Gasteiger partial charge in [-0.2, -0.15) is 0 Å². The smallest absolute Gasteiger partial charge is 0.277 e. The molecule has 0 unspecified atom stereocenters. The van der Waals surface area contributed by atoms with Crippen LogP contribution in [-0.2, 0) is 5.75 Å². The zero-order chi connectivity index (χ0) is 18.8. The molecule has 4 rings (SSSR count). The number of benzene rings is 2. The largest absolute Gasteiger partial charge is 0.496 e. The summed E-state index contributed by atoms with van der Waals surface area (Å²) in [5.41, 5.74) is 2.91. The second-order valence-electron chi connectivity index (χ2n) is 5.71. The fourth-order valence-corrected chi connectivity index (χ4v) is 4.03. The van der Waals surface area contributed by atoms with Crippen LogP contribution in [0.15, 0.2) is 56.7 Å². The SMILES string of the molecule is COc1cc(CSc2nnc(-c3c[nH]c4ccccc34)o2)c(OC)cc1Br. The lowest BCUT2D eigenvalue weighted by Gasteiger charge is -2.11. The monoisotopic (exact) mass is 445 g/mol. The van der Waals surface area contributed by atoms with Crippen LogP contribution in [0.2, 0.25) is 0 Å². The molecule has 6 nitrogen and oxygen atoms in total. The summed E-state index contributed by atoms with van der Waals surface area (Å²) < 4.78 is 17.5. The Morgan fingerprint density at radius 2 is 1.93 bits per heavy atom. The van der Waals surface area contributed by atoms with Gasteiger partial charge in [0.15, 0.2) is 0 Å². The summed E-state index contributed by atoms with van der Waals surface area (Å²) in [5.74, 6) is 2.63. The number of aromatic nitrogens is 3. The normalized spacial score (nSPS) is 11.1. The minimum Gasteiger partial charge on any atom is -0.496 e. The molecule has 0 saturated carbocycles. The van der Waals surface area contributed by atoms with E-state index in [-0.39, 0.29) is 0 Å². The highest BCUT2D eigenvalue weighted by Gasteiger charge is 2.15. The molecule has 8 heteroatoms. The molecule has 0 aliphatic rings. The van der Waals surface area contributed by atoms with Gasteiger partial charge in [0.1, 0.15) is 11.5 Å². The maximum absolute atomic E-state index is 5.85. The number of nitrogens with one attached hydrogen (secondary N) is 1. The first kappa shape index (κ1) is 17.9. The first-order valence-corrected chi connectivity index (χ1v) is 9.90. The van der Waals surface area contributed by atoms with Crippen LogP contribution in [-0.4, -0.2) is 29.4 Å². The molecule has 2 aromatic carbocycles. The van der Waals surface area contributed by atoms with Crippen LogP contribution in [0.5, 0.6) is 11.5 Å². The van der Waals surface area contributed by atoms with Gasteiger partial charge in [0, 0.05) is 28.4 Å². The Kier molecular flexibility index (Phi) is 5.09. The van der Waals surface area contributed by atoms with Gasteiger partial charge in [-0.25, -0.2) is 0 Å². The summed E-state index contributed by atoms with van der Waals surface area (Å²) in [6.45, 7) is 0. The zero-order valence-electron chi connectivity index (χ0n) is 14.7. The third-order valence-electron chi connectivity index (χ3n) is 4.13. The van der Waals surface area contributed by atoms with E-state index in [4.69, 9.17) is 13.9 Å². The van der Waals surface area contributed by atoms with Crippen LogP contribution >= 0.6 is 27.7 Å². The van der Waals surface area contributed by atoms with E-state index in [0.29, 0.717) is 16.9 Å². The van der Waals surface area contributed by atoms with E-state index in [0.717, 1.165) is 38.0 Å². The zero-order valence-corrected chi connectivity index (χ0v) is 17.1. The minimum atomic E-state index is 0.496. The number of aromatic amines is 1. The third-order valence-corrected chi connectivity index (χ3v) is 5.62. The van der Waals surface area contributed by atoms with Gasteiger partial charge in [-0.05, 0) is 34.1 Å². The van der Waals surface area contributed by atoms with Crippen LogP contribution < -0.4 is 9.47 Å². The maximum Gasteiger partial charge on any atom is 0.277 e. The molecule has 0 atom stereocenters. The number of para-hydroxylation sites is 1. The first-order valence-electron chi connectivity index (χ1n) is 8.12. The second-order valence-corrected chi connectivity index (χ2v) is 7.49. The molecule has 2 aromatic heterocycles. The predicted molar refractivity (Wildman–Crippen MR) is 108 cm³/mol. The summed E-state index contributed by atoms with van der Waals surface area (Å²) in [6.07, 6.45) is 1.88. The first-order chi connectivity index (χ1) is 13.2. The fourth-order valence-electron chi connectivity index (χ4n) is 2.80. The highest BCUT2D eigenvalue weighted by Crippen LogP contribution is 2.36. The molecule has 4 aromatic rings. The van der Waals surface area contributed by atoms with Crippen LogP contribution in [0.4, 0.5) is 0 Å². The quantitative estimate of drug-likeness (QED) is 0.406. The fraction of sp³-hybridized carbons (Fsp3) is 0.158. The van der Waals surface area contributed by atoms with Crippen molar-refractivity contribution < 1.29 is 13.9 Å². The van der Waals surface area contributed by atoms with Gasteiger partial charge < -0.3 is 18.9 Å². The molecule has 0 spiro atoms. The van der Waals surface area contributed by atoms with Crippen LogP contribution in [0, 0.1) is 0 Å². The standard InChI is InChI=1S/C19H16BrN3O3S/c1-24-16-8-14(20)17(25-2)7-11(16)10-27-19-23-22-18(26-19)13-9-21-15-6-4-3-5-12(13)15/h3-9,21H,10H2,1-2H3. The predicted octanol–water partition coefficient (Wildman–Crippen LogP) is 5.29. The Balaban J connectivity index is 1.55. The number of fused-ring (bicyclic) bond motifs is 1. The van der Waals surface area contributed by atoms with E-state index in [1.165, 1.54) is 11.8 Å². The van der Waals surface area contributed by atoms with E-state index >= 15 is 0 Å². The van der Waals surface area contributed by atoms with Crippen LogP contribution in [0.3, 0.4) is 0 Å². The molecule has 0 bridgehead atoms. The van der Waals surface area contributed by atoms with Crippen molar-refractivity contribution in [2.45, 2.75) is 11.0 Å². The number of thioether (sulfide) groups is 1. The van der Waals surface area contributed by atoms with Crippen molar-refractivity contribution in [3.63, 3.8) is 0 Å². The van der Waals surface area contributed by atoms with Crippen molar-refractivity contribution >= 4 is 38.6 Å². The molecule has 0 radical (unpaired) electrons. The molecular formula is C19H16BrN3O3S. The van der Waals surface area contributed by atoms with Gasteiger partial charge in [-0.1, -0.05) is 30.0 Å². The minimum absolute atomic E-state index is 0.496. The summed E-state index contributed by atoms with van der Waals surface area (Å²) in [4.78, 5) is 3.22. The lowest BCUT2D eigenvalue weighted by molar-refractivity contribution is 0.398. The number of H-pyrrole nitrogens is 1. The third kappa shape index (κ3) is 3.54. The highest BCUT2D eigenvalue weighted by molar-refractivity contribution is 9.10. The number of methoxy groups -OCH3 is 2. The Morgan fingerprint density at radius 1 is 1.11 bits per heavy atom. The van der Waals surface area contributed by atoms with E-state index in [1.54, 1.807) is 14.2 Å². The van der Waals surface area contributed by atoms with Gasteiger partial charge in [-0.15, -0.1) is 10.2 Å². The van der Waals surface area contributed by atoms with Gasteiger partial charge in [0.25, 0.3) is 11.1 Å². The Morgan fingerprint density at radius 3 is 2.74 bits per heavy atom. The number of ether oxygens (including phenoxy) is 2. The molecule has 0 fully saturated rings. The molecule has 0 aliphatic carbocycles. The van der Waals surface area contributed by atoms with Crippen molar-refractivity contribution in [3.8, 4) is 23.0 Å². The van der Waals surface area contributed by atoms with Crippen molar-refractivity contribution in [2.24, 2.45) is 0 Å². The van der Waals surface area contributed by atoms with Crippen LogP contribution in [0.25, 0.3) is 22.4 Å². The summed E-state index contributed by atoms with van der Waals surface area (Å²) in [7, 11) is 3.28. The van der Waals surface area contributed by atoms with E-state index in [9.17, 15) is 0 Å². The number of rotatable bonds is 6. The molecule has 0 amide bonds. The second kappa shape index (κ2) is 7.66. The molecule has 1 N–H and O–H groups in total. The number of nitrogens with zero attached hydrogens (tertiary/aromatic N) is 2. The topological polar surface area (TPSA) is 73.2 Å². The molecule has 2 heterocycles. The lowest BCUT2D eigenvalue weighted by atomic mass is 10.2. The van der Waals surface area contributed by atoms with Crippen LogP contribution in [0.1, 0.15) is 5.56 Å². The molecule has 0 aliphatic heterocycles. The summed E-state index contributed by atoms with van der Waals surface area (Å²) in [6, 6.07) is 11.8. The van der Waals surface area contributed by atoms with Crippen molar-refractivity contribution in [1.29, 1.82) is 0 Å². The Hall–Kier alpha value is -2.45. The van der Waals surface area contributed by atoms with Crippen molar-refractivity contribution in [1.82, 2.24) is 15.2 Å². The molecule has 0 saturated heterocycles. The average molecular weight is 446 g/mol. The molecule has 138 valence electrons. The molecule has 27 heavy (non-hydrogen) atoms. The number of hydrogen-bond acceptors (Lipinski definition) is 6. The maximum atomic E-state index is 5.85. The number of hydrogen-bond donors (Lipinski definition) is 1. The summed E-state index contributed by atoms with van der Waals surface area (Å²) in [5, 5.41) is 9.90. The van der Waals surface area contributed by atoms with Gasteiger partial charge in [-0.3, -0.25) is 0 Å². The van der Waals surface area contributed by atoms with Gasteiger partial charge in [0.2, 0.25) is 0 Å². The average Bonchev–Trinajstić information content (AvgIpc) is 3.33. The number of halogens is 1. The van der Waals surface area contributed by atoms with Crippen molar-refractivity contribution in [2.75, 3.05) is 14.2 Å². The Labute approximate surface area is 168 Å². The highest BCUT2D eigenvalue weighted by atomic mass is 79.9. The van der Waals surface area contributed by atoms with E-state index in [2.05, 4.69) is 31.1 Å². The van der Waals surface area contributed by atoms with E-state index in [1.807, 2.05) is 42.6 Å². The van der Waals surface area contributed by atoms with Gasteiger partial charge in [0.05, 0.1) is 24.3 Å². The van der Waals surface area contributed by atoms with Crippen molar-refractivity contribution in [3.05, 3.63) is 52.6 Å².